The first-order valence-electron chi connectivity index (χ1n) is 4.24. The third kappa shape index (κ3) is 2.21. The molecule has 1 aromatic carbocycles. The molecule has 0 saturated heterocycles. The Hall–Kier alpha value is -1.29. The van der Waals surface area contributed by atoms with Crippen LogP contribution < -0.4 is 0 Å². The van der Waals surface area contributed by atoms with Crippen molar-refractivity contribution in [2.75, 3.05) is 0 Å². The van der Waals surface area contributed by atoms with Gasteiger partial charge in [0.25, 0.3) is 0 Å². The van der Waals surface area contributed by atoms with Crippen molar-refractivity contribution in [2.24, 2.45) is 0 Å². The highest BCUT2D eigenvalue weighted by molar-refractivity contribution is 9.10. The maximum absolute atomic E-state index is 13.4. The molecule has 0 aliphatic carbocycles. The summed E-state index contributed by atoms with van der Waals surface area (Å²) in [6.07, 6.45) is 1.31. The first kappa shape index (κ1) is 10.2. The van der Waals surface area contributed by atoms with E-state index in [9.17, 15) is 8.78 Å². The predicted octanol–water partition coefficient (Wildman–Crippen LogP) is 3.79. The second kappa shape index (κ2) is 4.06. The second-order valence-corrected chi connectivity index (χ2v) is 3.90. The van der Waals surface area contributed by atoms with Crippen molar-refractivity contribution in [3.8, 4) is 11.3 Å². The normalized spacial score (nSPS) is 10.3. The number of halogens is 3. The molecule has 4 heteroatoms. The Morgan fingerprint density at radius 1 is 1.07 bits per heavy atom. The Morgan fingerprint density at radius 2 is 1.87 bits per heavy atom. The molecule has 0 fully saturated rings. The molecule has 0 atom stereocenters. The van der Waals surface area contributed by atoms with Gasteiger partial charge in [-0.2, -0.15) is 0 Å². The molecule has 0 spiro atoms. The minimum Gasteiger partial charge on any atom is -0.256 e. The number of benzene rings is 1. The molecule has 0 N–H and O–H groups in total. The van der Waals surface area contributed by atoms with Crippen LogP contribution >= 0.6 is 15.9 Å². The molecular formula is C11H6BrF2N. The number of pyridine rings is 1. The first-order chi connectivity index (χ1) is 7.16. The van der Waals surface area contributed by atoms with Crippen LogP contribution in [-0.4, -0.2) is 4.98 Å². The zero-order valence-corrected chi connectivity index (χ0v) is 9.13. The van der Waals surface area contributed by atoms with Crippen LogP contribution in [0.4, 0.5) is 8.78 Å². The summed E-state index contributed by atoms with van der Waals surface area (Å²) in [7, 11) is 0. The van der Waals surface area contributed by atoms with Crippen molar-refractivity contribution >= 4 is 15.9 Å². The van der Waals surface area contributed by atoms with Crippen LogP contribution in [0, 0.1) is 11.6 Å². The molecule has 2 aromatic rings. The van der Waals surface area contributed by atoms with Gasteiger partial charge in [-0.05, 0) is 24.3 Å². The summed E-state index contributed by atoms with van der Waals surface area (Å²) in [6, 6.07) is 6.88. The van der Waals surface area contributed by atoms with Crippen LogP contribution in [0.2, 0.25) is 0 Å². The lowest BCUT2D eigenvalue weighted by Crippen LogP contribution is -1.88. The van der Waals surface area contributed by atoms with E-state index in [0.29, 0.717) is 0 Å². The zero-order valence-electron chi connectivity index (χ0n) is 7.55. The fourth-order valence-electron chi connectivity index (χ4n) is 1.25. The van der Waals surface area contributed by atoms with Crippen molar-refractivity contribution < 1.29 is 8.78 Å². The van der Waals surface area contributed by atoms with Gasteiger partial charge in [0.1, 0.15) is 11.6 Å². The highest BCUT2D eigenvalue weighted by Gasteiger charge is 2.07. The minimum atomic E-state index is -0.431. The number of nitrogens with zero attached hydrogens (tertiary/aromatic N) is 1. The van der Waals surface area contributed by atoms with Gasteiger partial charge in [-0.15, -0.1) is 0 Å². The molecule has 76 valence electrons. The Balaban J connectivity index is 2.58. The fourth-order valence-corrected chi connectivity index (χ4v) is 1.61. The van der Waals surface area contributed by atoms with E-state index in [1.54, 1.807) is 12.1 Å². The SMILES string of the molecule is Fc1ccnc(-c2cc(Br)ccc2F)c1. The summed E-state index contributed by atoms with van der Waals surface area (Å²) >= 11 is 3.22. The van der Waals surface area contributed by atoms with Crippen LogP contribution in [0.1, 0.15) is 0 Å². The van der Waals surface area contributed by atoms with Gasteiger partial charge in [0.05, 0.1) is 5.69 Å². The molecule has 1 heterocycles. The molecule has 0 radical (unpaired) electrons. The predicted molar refractivity (Wildman–Crippen MR) is 57.3 cm³/mol. The van der Waals surface area contributed by atoms with Crippen molar-refractivity contribution in [2.45, 2.75) is 0 Å². The molecule has 1 nitrogen and oxygen atoms in total. The van der Waals surface area contributed by atoms with Crippen molar-refractivity contribution in [3.05, 3.63) is 52.6 Å². The van der Waals surface area contributed by atoms with Crippen molar-refractivity contribution in [1.82, 2.24) is 4.98 Å². The summed E-state index contributed by atoms with van der Waals surface area (Å²) < 4.78 is 27.0. The third-order valence-corrected chi connectivity index (χ3v) is 2.42. The van der Waals surface area contributed by atoms with Crippen molar-refractivity contribution in [3.63, 3.8) is 0 Å². The topological polar surface area (TPSA) is 12.9 Å². The maximum atomic E-state index is 13.4. The number of aromatic nitrogens is 1. The molecule has 0 amide bonds. The van der Waals surface area contributed by atoms with E-state index < -0.39 is 11.6 Å². The largest absolute Gasteiger partial charge is 0.256 e. The van der Waals surface area contributed by atoms with Gasteiger partial charge < -0.3 is 0 Å². The van der Waals surface area contributed by atoms with Crippen LogP contribution in [0.25, 0.3) is 11.3 Å². The van der Waals surface area contributed by atoms with Crippen LogP contribution in [0.5, 0.6) is 0 Å². The lowest BCUT2D eigenvalue weighted by Gasteiger charge is -2.02. The first-order valence-corrected chi connectivity index (χ1v) is 5.03. The third-order valence-electron chi connectivity index (χ3n) is 1.93. The van der Waals surface area contributed by atoms with Crippen LogP contribution in [-0.2, 0) is 0 Å². The summed E-state index contributed by atoms with van der Waals surface area (Å²) in [5.41, 5.74) is 0.567. The fraction of sp³-hybridized carbons (Fsp3) is 0. The molecule has 0 unspecified atom stereocenters. The van der Waals surface area contributed by atoms with Gasteiger partial charge in [-0.3, -0.25) is 4.98 Å². The molecule has 0 saturated carbocycles. The Kier molecular flexibility index (Phi) is 2.77. The minimum absolute atomic E-state index is 0.281. The van der Waals surface area contributed by atoms with E-state index >= 15 is 0 Å². The van der Waals surface area contributed by atoms with E-state index in [1.165, 1.54) is 24.4 Å². The summed E-state index contributed by atoms with van der Waals surface area (Å²) in [5, 5.41) is 0. The summed E-state index contributed by atoms with van der Waals surface area (Å²) in [5.74, 6) is -0.851. The number of hydrogen-bond acceptors (Lipinski definition) is 1. The van der Waals surface area contributed by atoms with Gasteiger partial charge >= 0.3 is 0 Å². The Bertz CT molecular complexity index is 500. The quantitative estimate of drug-likeness (QED) is 0.768. The van der Waals surface area contributed by atoms with Gasteiger partial charge in [-0.1, -0.05) is 15.9 Å². The lowest BCUT2D eigenvalue weighted by atomic mass is 10.1. The van der Waals surface area contributed by atoms with Crippen LogP contribution in [0.15, 0.2) is 41.0 Å². The van der Waals surface area contributed by atoms with Crippen molar-refractivity contribution in [1.29, 1.82) is 0 Å². The lowest BCUT2D eigenvalue weighted by molar-refractivity contribution is 0.622. The average Bonchev–Trinajstić information content (AvgIpc) is 2.22. The smallest absolute Gasteiger partial charge is 0.132 e. The van der Waals surface area contributed by atoms with E-state index in [-0.39, 0.29) is 11.3 Å². The monoisotopic (exact) mass is 269 g/mol. The number of rotatable bonds is 1. The van der Waals surface area contributed by atoms with Gasteiger partial charge in [-0.25, -0.2) is 8.78 Å². The highest BCUT2D eigenvalue weighted by Crippen LogP contribution is 2.24. The Morgan fingerprint density at radius 3 is 2.60 bits per heavy atom. The average molecular weight is 270 g/mol. The molecule has 0 bridgehead atoms. The summed E-state index contributed by atoms with van der Waals surface area (Å²) in [4.78, 5) is 3.91. The summed E-state index contributed by atoms with van der Waals surface area (Å²) in [6.45, 7) is 0. The molecular weight excluding hydrogens is 264 g/mol. The second-order valence-electron chi connectivity index (χ2n) is 2.98. The molecule has 15 heavy (non-hydrogen) atoms. The van der Waals surface area contributed by atoms with Gasteiger partial charge in [0.2, 0.25) is 0 Å². The van der Waals surface area contributed by atoms with E-state index in [1.807, 2.05) is 0 Å². The highest BCUT2D eigenvalue weighted by atomic mass is 79.9. The van der Waals surface area contributed by atoms with Gasteiger partial charge in [0, 0.05) is 22.3 Å². The standard InChI is InChI=1S/C11H6BrF2N/c12-7-1-2-10(14)9(5-7)11-6-8(13)3-4-15-11/h1-6H. The van der Waals surface area contributed by atoms with E-state index in [2.05, 4.69) is 20.9 Å². The molecule has 1 aromatic heterocycles. The van der Waals surface area contributed by atoms with E-state index in [0.717, 1.165) is 4.47 Å². The maximum Gasteiger partial charge on any atom is 0.132 e. The van der Waals surface area contributed by atoms with E-state index in [4.69, 9.17) is 0 Å². The number of hydrogen-bond donors (Lipinski definition) is 0. The molecule has 0 aliphatic heterocycles. The molecule has 2 rings (SSSR count). The molecule has 0 aliphatic rings. The zero-order chi connectivity index (χ0) is 10.8. The van der Waals surface area contributed by atoms with Crippen LogP contribution in [0.3, 0.4) is 0 Å². The van der Waals surface area contributed by atoms with Gasteiger partial charge in [0.15, 0.2) is 0 Å². The Labute approximate surface area is 93.9 Å².